The largest absolute Gasteiger partial charge is 0.351 e. The lowest BCUT2D eigenvalue weighted by Gasteiger charge is -2.19. The van der Waals surface area contributed by atoms with Crippen LogP contribution in [0.4, 0.5) is 0 Å². The third-order valence-corrected chi connectivity index (χ3v) is 3.64. The second-order valence-corrected chi connectivity index (χ2v) is 5.83. The maximum Gasteiger partial charge on any atom is 0.246 e. The van der Waals surface area contributed by atoms with Crippen LogP contribution in [0, 0.1) is 5.92 Å². The van der Waals surface area contributed by atoms with Gasteiger partial charge >= 0.3 is 0 Å². The van der Waals surface area contributed by atoms with Gasteiger partial charge in [-0.05, 0) is 39.8 Å². The highest BCUT2D eigenvalue weighted by Crippen LogP contribution is 2.12. The van der Waals surface area contributed by atoms with Crippen LogP contribution in [0.3, 0.4) is 0 Å². The molecular weight excluding hydrogens is 280 g/mol. The minimum absolute atomic E-state index is 0.0868. The second kappa shape index (κ2) is 13.2. The van der Waals surface area contributed by atoms with Gasteiger partial charge in [0.05, 0.1) is 0 Å². The molecule has 0 saturated carbocycles. The number of nitrogens with zero attached hydrogens (tertiary/aromatic N) is 1. The summed E-state index contributed by atoms with van der Waals surface area (Å²) in [6.07, 6.45) is 7.24. The number of nitrogens with one attached hydrogen (secondary N) is 1. The molecule has 0 aliphatic rings. The Morgan fingerprint density at radius 2 is 1.91 bits per heavy atom. The standard InChI is InChI=1S/C17H30N2O3/c1-15(2)17(22)18-10-12-19(3)11-9-16(14-21)8-6-4-5-7-13-20/h13-14,16H,1,4-12H2,2-3H3,(H,18,22). The van der Waals surface area contributed by atoms with E-state index in [-0.39, 0.29) is 11.8 Å². The zero-order valence-corrected chi connectivity index (χ0v) is 14.0. The van der Waals surface area contributed by atoms with E-state index in [9.17, 15) is 14.4 Å². The number of aldehydes is 2. The maximum absolute atomic E-state index is 11.3. The van der Waals surface area contributed by atoms with Crippen LogP contribution in [0.1, 0.15) is 45.4 Å². The predicted octanol–water partition coefficient (Wildman–Crippen LogP) is 1.97. The van der Waals surface area contributed by atoms with Crippen LogP contribution in [-0.2, 0) is 14.4 Å². The Hall–Kier alpha value is -1.49. The molecule has 0 aromatic rings. The average molecular weight is 310 g/mol. The van der Waals surface area contributed by atoms with E-state index in [4.69, 9.17) is 0 Å². The Kier molecular flexibility index (Phi) is 12.3. The Balaban J connectivity index is 3.73. The minimum Gasteiger partial charge on any atom is -0.351 e. The highest BCUT2D eigenvalue weighted by atomic mass is 16.1. The number of rotatable bonds is 14. The third-order valence-electron chi connectivity index (χ3n) is 3.64. The van der Waals surface area contributed by atoms with Gasteiger partial charge in [-0.3, -0.25) is 4.79 Å². The molecule has 0 rings (SSSR count). The summed E-state index contributed by atoms with van der Waals surface area (Å²) in [6.45, 7) is 7.44. The number of unbranched alkanes of at least 4 members (excludes halogenated alkanes) is 3. The predicted molar refractivity (Wildman–Crippen MR) is 88.6 cm³/mol. The lowest BCUT2D eigenvalue weighted by molar-refractivity contribution is -0.117. The molecule has 1 N–H and O–H groups in total. The van der Waals surface area contributed by atoms with Gasteiger partial charge in [-0.1, -0.05) is 19.4 Å². The lowest BCUT2D eigenvalue weighted by Crippen LogP contribution is -2.34. The van der Waals surface area contributed by atoms with Gasteiger partial charge < -0.3 is 19.8 Å². The van der Waals surface area contributed by atoms with Crippen LogP contribution < -0.4 is 5.32 Å². The molecule has 0 bridgehead atoms. The van der Waals surface area contributed by atoms with Crippen LogP contribution in [0.25, 0.3) is 0 Å². The van der Waals surface area contributed by atoms with E-state index >= 15 is 0 Å². The zero-order chi connectivity index (χ0) is 16.8. The summed E-state index contributed by atoms with van der Waals surface area (Å²) >= 11 is 0. The van der Waals surface area contributed by atoms with Gasteiger partial charge in [0.15, 0.2) is 0 Å². The van der Waals surface area contributed by atoms with Gasteiger partial charge in [0.25, 0.3) is 0 Å². The molecule has 1 unspecified atom stereocenters. The Morgan fingerprint density at radius 1 is 1.18 bits per heavy atom. The Morgan fingerprint density at radius 3 is 2.50 bits per heavy atom. The summed E-state index contributed by atoms with van der Waals surface area (Å²) < 4.78 is 0. The van der Waals surface area contributed by atoms with Crippen LogP contribution >= 0.6 is 0 Å². The molecule has 0 saturated heterocycles. The Bertz CT molecular complexity index is 356. The summed E-state index contributed by atoms with van der Waals surface area (Å²) in [5.74, 6) is -0.0295. The summed E-state index contributed by atoms with van der Waals surface area (Å²) in [6, 6.07) is 0. The third kappa shape index (κ3) is 11.2. The summed E-state index contributed by atoms with van der Waals surface area (Å²) in [7, 11) is 1.98. The zero-order valence-electron chi connectivity index (χ0n) is 14.0. The van der Waals surface area contributed by atoms with E-state index in [1.807, 2.05) is 7.05 Å². The van der Waals surface area contributed by atoms with Crippen LogP contribution in [0.2, 0.25) is 0 Å². The number of likely N-dealkylation sites (N-methyl/N-ethyl adjacent to an activating group) is 1. The van der Waals surface area contributed by atoms with E-state index in [1.54, 1.807) is 6.92 Å². The van der Waals surface area contributed by atoms with Crippen molar-refractivity contribution in [2.75, 3.05) is 26.7 Å². The molecule has 5 nitrogen and oxygen atoms in total. The first kappa shape index (κ1) is 20.5. The fourth-order valence-corrected chi connectivity index (χ4v) is 2.10. The number of hydrogen-bond donors (Lipinski definition) is 1. The molecule has 0 aromatic heterocycles. The van der Waals surface area contributed by atoms with Crippen molar-refractivity contribution in [3.05, 3.63) is 12.2 Å². The first-order valence-electron chi connectivity index (χ1n) is 8.02. The lowest BCUT2D eigenvalue weighted by atomic mass is 9.99. The number of amides is 1. The van der Waals surface area contributed by atoms with E-state index in [0.29, 0.717) is 18.5 Å². The fourth-order valence-electron chi connectivity index (χ4n) is 2.10. The number of carbonyl (C=O) groups excluding carboxylic acids is 3. The summed E-state index contributed by atoms with van der Waals surface area (Å²) in [4.78, 5) is 34.7. The first-order valence-corrected chi connectivity index (χ1v) is 8.02. The summed E-state index contributed by atoms with van der Waals surface area (Å²) in [5, 5.41) is 2.79. The second-order valence-electron chi connectivity index (χ2n) is 5.83. The van der Waals surface area contributed by atoms with Gasteiger partial charge in [-0.25, -0.2) is 0 Å². The van der Waals surface area contributed by atoms with Gasteiger partial charge in [0.2, 0.25) is 5.91 Å². The normalized spacial score (nSPS) is 12.0. The summed E-state index contributed by atoms with van der Waals surface area (Å²) in [5.41, 5.74) is 0.512. The van der Waals surface area contributed by atoms with Gasteiger partial charge in [0.1, 0.15) is 12.6 Å². The molecule has 0 fully saturated rings. The van der Waals surface area contributed by atoms with Crippen molar-refractivity contribution in [2.24, 2.45) is 5.92 Å². The number of carbonyl (C=O) groups is 3. The average Bonchev–Trinajstić information content (AvgIpc) is 2.49. The van der Waals surface area contributed by atoms with Crippen molar-refractivity contribution in [3.63, 3.8) is 0 Å². The van der Waals surface area contributed by atoms with Crippen LogP contribution in [-0.4, -0.2) is 50.1 Å². The van der Waals surface area contributed by atoms with E-state index in [1.165, 1.54) is 0 Å². The van der Waals surface area contributed by atoms with Gasteiger partial charge in [-0.15, -0.1) is 0 Å². The molecule has 126 valence electrons. The molecular formula is C17H30N2O3. The first-order chi connectivity index (χ1) is 10.5. The molecule has 0 radical (unpaired) electrons. The quantitative estimate of drug-likeness (QED) is 0.303. The maximum atomic E-state index is 11.3. The Labute approximate surface area is 134 Å². The number of hydrogen-bond acceptors (Lipinski definition) is 4. The van der Waals surface area contributed by atoms with E-state index < -0.39 is 0 Å². The van der Waals surface area contributed by atoms with E-state index in [2.05, 4.69) is 16.8 Å². The molecule has 0 spiro atoms. The topological polar surface area (TPSA) is 66.5 Å². The fraction of sp³-hybridized carbons (Fsp3) is 0.706. The van der Waals surface area contributed by atoms with Crippen molar-refractivity contribution in [2.45, 2.75) is 45.4 Å². The molecule has 22 heavy (non-hydrogen) atoms. The van der Waals surface area contributed by atoms with Crippen LogP contribution in [0.15, 0.2) is 12.2 Å². The van der Waals surface area contributed by atoms with Gasteiger partial charge in [-0.2, -0.15) is 0 Å². The molecule has 0 heterocycles. The highest BCUT2D eigenvalue weighted by molar-refractivity contribution is 5.92. The van der Waals surface area contributed by atoms with E-state index in [0.717, 1.165) is 57.8 Å². The van der Waals surface area contributed by atoms with Crippen LogP contribution in [0.5, 0.6) is 0 Å². The molecule has 1 amide bonds. The molecule has 1 atom stereocenters. The van der Waals surface area contributed by atoms with Gasteiger partial charge in [0, 0.05) is 31.0 Å². The molecule has 0 aliphatic carbocycles. The molecule has 0 aromatic carbocycles. The van der Waals surface area contributed by atoms with Crippen molar-refractivity contribution in [1.29, 1.82) is 0 Å². The van der Waals surface area contributed by atoms with Crippen molar-refractivity contribution in [3.8, 4) is 0 Å². The molecule has 5 heteroatoms. The van der Waals surface area contributed by atoms with Crippen molar-refractivity contribution >= 4 is 18.5 Å². The molecule has 0 aliphatic heterocycles. The van der Waals surface area contributed by atoms with Crippen molar-refractivity contribution in [1.82, 2.24) is 10.2 Å². The monoisotopic (exact) mass is 310 g/mol. The van der Waals surface area contributed by atoms with Crippen molar-refractivity contribution < 1.29 is 14.4 Å². The SMILES string of the molecule is C=C(C)C(=O)NCCN(C)CCC(C=O)CCCCCC=O. The minimum atomic E-state index is -0.116. The highest BCUT2D eigenvalue weighted by Gasteiger charge is 2.09. The smallest absolute Gasteiger partial charge is 0.246 e.